The van der Waals surface area contributed by atoms with E-state index < -0.39 is 12.1 Å². The van der Waals surface area contributed by atoms with Crippen LogP contribution in [-0.4, -0.2) is 47.4 Å². The van der Waals surface area contributed by atoms with Crippen LogP contribution < -0.4 is 5.32 Å². The molecule has 0 aromatic carbocycles. The first-order valence-electron chi connectivity index (χ1n) is 28.1. The van der Waals surface area contributed by atoms with Crippen molar-refractivity contribution in [3.05, 3.63) is 24.3 Å². The van der Waals surface area contributed by atoms with E-state index in [4.69, 9.17) is 4.74 Å². The van der Waals surface area contributed by atoms with Gasteiger partial charge in [-0.15, -0.1) is 0 Å². The summed E-state index contributed by atoms with van der Waals surface area (Å²) in [7, 11) is 0. The molecule has 0 fully saturated rings. The monoisotopic (exact) mass is 888 g/mol. The summed E-state index contributed by atoms with van der Waals surface area (Å²) in [6, 6.07) is -0.638. The molecule has 0 aromatic heterocycles. The Bertz CT molecular complexity index is 982. The van der Waals surface area contributed by atoms with Gasteiger partial charge in [0.1, 0.15) is 0 Å². The zero-order valence-corrected chi connectivity index (χ0v) is 42.3. The minimum Gasteiger partial charge on any atom is -0.466 e. The lowest BCUT2D eigenvalue weighted by molar-refractivity contribution is -0.143. The first kappa shape index (κ1) is 61.3. The number of ether oxygens (including phenoxy) is 1. The normalized spacial score (nSPS) is 12.8. The summed E-state index contributed by atoms with van der Waals surface area (Å²) in [4.78, 5) is 24.5. The van der Waals surface area contributed by atoms with Crippen LogP contribution in [0.4, 0.5) is 0 Å². The van der Waals surface area contributed by atoms with E-state index in [1.165, 1.54) is 205 Å². The highest BCUT2D eigenvalue weighted by Crippen LogP contribution is 2.16. The molecule has 0 aliphatic carbocycles. The standard InChI is InChI=1S/C57H109NO5/c1-3-5-7-9-11-13-15-17-18-19-20-23-27-31-35-39-43-47-51-57(62)63-52-48-44-40-36-32-28-24-21-22-26-30-34-38-42-46-50-56(61)58-54(53-59)55(60)49-45-41-37-33-29-25-16-14-12-10-8-6-4-2/h24,28,45,49,54-55,59-60H,3-23,25-27,29-44,46-48,50-53H2,1-2H3,(H,58,61)/b28-24-,49-45+. The molecule has 1 amide bonds. The molecule has 3 N–H and O–H groups in total. The average Bonchev–Trinajstić information content (AvgIpc) is 3.28. The molecule has 63 heavy (non-hydrogen) atoms. The van der Waals surface area contributed by atoms with E-state index in [1.807, 2.05) is 6.08 Å². The quantitative estimate of drug-likeness (QED) is 0.0321. The van der Waals surface area contributed by atoms with E-state index in [2.05, 4.69) is 31.3 Å². The molecule has 0 aromatic rings. The lowest BCUT2D eigenvalue weighted by atomic mass is 10.0. The molecular weight excluding hydrogens is 779 g/mol. The van der Waals surface area contributed by atoms with Gasteiger partial charge in [-0.2, -0.15) is 0 Å². The average molecular weight is 889 g/mol. The van der Waals surface area contributed by atoms with Gasteiger partial charge in [-0.1, -0.05) is 256 Å². The molecule has 6 heteroatoms. The van der Waals surface area contributed by atoms with Gasteiger partial charge in [-0.05, 0) is 57.8 Å². The van der Waals surface area contributed by atoms with Gasteiger partial charge in [0.15, 0.2) is 0 Å². The molecule has 0 radical (unpaired) electrons. The fourth-order valence-electron chi connectivity index (χ4n) is 8.63. The second-order valence-corrected chi connectivity index (χ2v) is 19.3. The van der Waals surface area contributed by atoms with Gasteiger partial charge in [0.05, 0.1) is 25.4 Å². The van der Waals surface area contributed by atoms with Crippen LogP contribution in [0.2, 0.25) is 0 Å². The largest absolute Gasteiger partial charge is 0.466 e. The van der Waals surface area contributed by atoms with Crippen molar-refractivity contribution >= 4 is 11.9 Å². The molecule has 0 aliphatic heterocycles. The van der Waals surface area contributed by atoms with Crippen LogP contribution in [0.15, 0.2) is 24.3 Å². The van der Waals surface area contributed by atoms with E-state index in [1.54, 1.807) is 6.08 Å². The Balaban J connectivity index is 3.46. The van der Waals surface area contributed by atoms with E-state index in [-0.39, 0.29) is 18.5 Å². The fraction of sp³-hybridized carbons (Fsp3) is 0.895. The lowest BCUT2D eigenvalue weighted by Crippen LogP contribution is -2.45. The summed E-state index contributed by atoms with van der Waals surface area (Å²) in [5.41, 5.74) is 0. The number of hydrogen-bond acceptors (Lipinski definition) is 5. The number of rotatable bonds is 52. The highest BCUT2D eigenvalue weighted by atomic mass is 16.5. The maximum Gasteiger partial charge on any atom is 0.305 e. The van der Waals surface area contributed by atoms with Crippen molar-refractivity contribution in [2.45, 2.75) is 315 Å². The number of allylic oxidation sites excluding steroid dienone is 3. The molecule has 2 unspecified atom stereocenters. The van der Waals surface area contributed by atoms with Gasteiger partial charge >= 0.3 is 5.97 Å². The minimum absolute atomic E-state index is 0.00694. The number of carbonyl (C=O) groups excluding carboxylic acids is 2. The molecule has 2 atom stereocenters. The molecule has 0 rings (SSSR count). The smallest absolute Gasteiger partial charge is 0.305 e. The van der Waals surface area contributed by atoms with Gasteiger partial charge in [0.25, 0.3) is 0 Å². The summed E-state index contributed by atoms with van der Waals surface area (Å²) in [6.07, 6.45) is 63.4. The highest BCUT2D eigenvalue weighted by Gasteiger charge is 2.18. The molecule has 372 valence electrons. The fourth-order valence-corrected chi connectivity index (χ4v) is 8.63. The zero-order valence-electron chi connectivity index (χ0n) is 42.3. The number of unbranched alkanes of at least 4 members (excludes halogenated alkanes) is 39. The van der Waals surface area contributed by atoms with Crippen molar-refractivity contribution in [3.8, 4) is 0 Å². The van der Waals surface area contributed by atoms with Crippen LogP contribution >= 0.6 is 0 Å². The number of hydrogen-bond donors (Lipinski definition) is 3. The predicted molar refractivity (Wildman–Crippen MR) is 273 cm³/mol. The number of amides is 1. The van der Waals surface area contributed by atoms with Crippen molar-refractivity contribution in [3.63, 3.8) is 0 Å². The maximum absolute atomic E-state index is 12.4. The van der Waals surface area contributed by atoms with Gasteiger partial charge < -0.3 is 20.3 Å². The molecule has 0 saturated heterocycles. The first-order valence-corrected chi connectivity index (χ1v) is 28.1. The first-order chi connectivity index (χ1) is 31.0. The third-order valence-electron chi connectivity index (χ3n) is 13.0. The SMILES string of the molecule is CCCCCCCCCCCCC/C=C/C(O)C(CO)NC(=O)CCCCCCCCC/C=C\CCCCCCOC(=O)CCCCCCCCCCCCCCCCCCCC. The maximum atomic E-state index is 12.4. The number of carbonyl (C=O) groups is 2. The topological polar surface area (TPSA) is 95.9 Å². The Morgan fingerprint density at radius 2 is 0.746 bits per heavy atom. The van der Waals surface area contributed by atoms with E-state index in [0.29, 0.717) is 19.4 Å². The van der Waals surface area contributed by atoms with Gasteiger partial charge in [-0.3, -0.25) is 9.59 Å². The molecular formula is C57H109NO5. The number of aliphatic hydroxyl groups is 2. The third-order valence-corrected chi connectivity index (χ3v) is 13.0. The Hall–Kier alpha value is -1.66. The second-order valence-electron chi connectivity index (χ2n) is 19.3. The van der Waals surface area contributed by atoms with Crippen molar-refractivity contribution < 1.29 is 24.5 Å². The highest BCUT2D eigenvalue weighted by molar-refractivity contribution is 5.76. The van der Waals surface area contributed by atoms with Crippen molar-refractivity contribution in [2.24, 2.45) is 0 Å². The van der Waals surface area contributed by atoms with E-state index in [0.717, 1.165) is 70.6 Å². The van der Waals surface area contributed by atoms with Crippen molar-refractivity contribution in [1.29, 1.82) is 0 Å². The lowest BCUT2D eigenvalue weighted by Gasteiger charge is -2.20. The van der Waals surface area contributed by atoms with Crippen LogP contribution in [0.1, 0.15) is 303 Å². The predicted octanol–water partition coefficient (Wildman–Crippen LogP) is 17.1. The molecule has 0 aliphatic rings. The summed E-state index contributed by atoms with van der Waals surface area (Å²) in [5, 5.41) is 23.0. The molecule has 0 spiro atoms. The Morgan fingerprint density at radius 3 is 1.13 bits per heavy atom. The molecule has 6 nitrogen and oxygen atoms in total. The zero-order chi connectivity index (χ0) is 45.8. The van der Waals surface area contributed by atoms with E-state index in [9.17, 15) is 19.8 Å². The number of nitrogens with one attached hydrogen (secondary N) is 1. The van der Waals surface area contributed by atoms with Crippen molar-refractivity contribution in [1.82, 2.24) is 5.32 Å². The summed E-state index contributed by atoms with van der Waals surface area (Å²) < 4.78 is 5.47. The summed E-state index contributed by atoms with van der Waals surface area (Å²) in [6.45, 7) is 4.88. The van der Waals surface area contributed by atoms with Crippen molar-refractivity contribution in [2.75, 3.05) is 13.2 Å². The number of esters is 1. The molecule has 0 bridgehead atoms. The Morgan fingerprint density at radius 1 is 0.429 bits per heavy atom. The summed E-state index contributed by atoms with van der Waals surface area (Å²) in [5.74, 6) is -0.0898. The van der Waals surface area contributed by atoms with Crippen LogP contribution in [0, 0.1) is 0 Å². The van der Waals surface area contributed by atoms with Gasteiger partial charge in [-0.25, -0.2) is 0 Å². The summed E-state index contributed by atoms with van der Waals surface area (Å²) >= 11 is 0. The Kier molecular flexibility index (Phi) is 51.6. The van der Waals surface area contributed by atoms with Crippen LogP contribution in [-0.2, 0) is 14.3 Å². The van der Waals surface area contributed by atoms with E-state index >= 15 is 0 Å². The van der Waals surface area contributed by atoms with Crippen LogP contribution in [0.25, 0.3) is 0 Å². The minimum atomic E-state index is -0.853. The molecule has 0 saturated carbocycles. The third kappa shape index (κ3) is 49.6. The van der Waals surface area contributed by atoms with Gasteiger partial charge in [0, 0.05) is 12.8 Å². The Labute approximate surface area is 392 Å². The second kappa shape index (κ2) is 53.0. The van der Waals surface area contributed by atoms with Crippen LogP contribution in [0.5, 0.6) is 0 Å². The number of aliphatic hydroxyl groups excluding tert-OH is 2. The molecule has 0 heterocycles. The van der Waals surface area contributed by atoms with Crippen LogP contribution in [0.3, 0.4) is 0 Å². The van der Waals surface area contributed by atoms with Gasteiger partial charge in [0.2, 0.25) is 5.91 Å².